The van der Waals surface area contributed by atoms with Crippen LogP contribution >= 0.6 is 38.5 Å². The molecule has 0 saturated carbocycles. The second-order valence-electron chi connectivity index (χ2n) is 2.50. The molecule has 0 bridgehead atoms. The average Bonchev–Trinajstić information content (AvgIpc) is 2.46. The highest BCUT2D eigenvalue weighted by Crippen LogP contribution is 2.25. The minimum Gasteiger partial charge on any atom is -0.277 e. The zero-order chi connectivity index (χ0) is 9.42. The van der Waals surface area contributed by atoms with Gasteiger partial charge in [0.2, 0.25) is 0 Å². The number of aromatic nitrogens is 2. The van der Waals surface area contributed by atoms with Crippen molar-refractivity contribution in [1.29, 1.82) is 5.26 Å². The van der Waals surface area contributed by atoms with Gasteiger partial charge in [-0.1, -0.05) is 15.9 Å². The molecule has 0 radical (unpaired) electrons. The SMILES string of the molecule is N#Cc1cc(Br)cc2[nH]nc(I)c12. The summed E-state index contributed by atoms with van der Waals surface area (Å²) in [6.45, 7) is 0. The van der Waals surface area contributed by atoms with Crippen molar-refractivity contribution in [3.8, 4) is 6.07 Å². The molecule has 1 heterocycles. The Hall–Kier alpha value is -0.610. The lowest BCUT2D eigenvalue weighted by Crippen LogP contribution is -1.79. The largest absolute Gasteiger partial charge is 0.277 e. The number of nitrogens with one attached hydrogen (secondary N) is 1. The number of halogens is 2. The lowest BCUT2D eigenvalue weighted by Gasteiger charge is -1.94. The number of rotatable bonds is 0. The molecule has 0 atom stereocenters. The van der Waals surface area contributed by atoms with Crippen LogP contribution in [0.3, 0.4) is 0 Å². The molecule has 13 heavy (non-hydrogen) atoms. The number of hydrogen-bond acceptors (Lipinski definition) is 2. The second kappa shape index (κ2) is 3.27. The van der Waals surface area contributed by atoms with Crippen molar-refractivity contribution in [2.45, 2.75) is 0 Å². The fourth-order valence-electron chi connectivity index (χ4n) is 1.17. The van der Waals surface area contributed by atoms with Crippen LogP contribution in [0.5, 0.6) is 0 Å². The van der Waals surface area contributed by atoms with Gasteiger partial charge in [-0.05, 0) is 34.7 Å². The first-order chi connectivity index (χ1) is 6.22. The van der Waals surface area contributed by atoms with Crippen LogP contribution in [0.15, 0.2) is 16.6 Å². The summed E-state index contributed by atoms with van der Waals surface area (Å²) in [5.74, 6) is 0. The van der Waals surface area contributed by atoms with Crippen molar-refractivity contribution < 1.29 is 0 Å². The molecule has 2 rings (SSSR count). The predicted molar refractivity (Wildman–Crippen MR) is 61.2 cm³/mol. The normalized spacial score (nSPS) is 10.2. The van der Waals surface area contributed by atoms with Crippen molar-refractivity contribution in [2.24, 2.45) is 0 Å². The van der Waals surface area contributed by atoms with Crippen LogP contribution in [0.1, 0.15) is 5.56 Å². The maximum Gasteiger partial charge on any atom is 0.132 e. The predicted octanol–water partition coefficient (Wildman–Crippen LogP) is 2.80. The molecule has 0 amide bonds. The Morgan fingerprint density at radius 2 is 2.31 bits per heavy atom. The molecular formula is C8H3BrIN3. The van der Waals surface area contributed by atoms with Crippen LogP contribution < -0.4 is 0 Å². The van der Waals surface area contributed by atoms with E-state index in [1.54, 1.807) is 6.07 Å². The van der Waals surface area contributed by atoms with Gasteiger partial charge in [-0.15, -0.1) is 0 Å². The summed E-state index contributed by atoms with van der Waals surface area (Å²) in [5.41, 5.74) is 1.53. The highest BCUT2D eigenvalue weighted by Gasteiger charge is 2.08. The van der Waals surface area contributed by atoms with E-state index in [-0.39, 0.29) is 0 Å². The van der Waals surface area contributed by atoms with E-state index in [4.69, 9.17) is 5.26 Å². The van der Waals surface area contributed by atoms with E-state index < -0.39 is 0 Å². The topological polar surface area (TPSA) is 52.5 Å². The summed E-state index contributed by atoms with van der Waals surface area (Å²) >= 11 is 5.44. The van der Waals surface area contributed by atoms with Crippen molar-refractivity contribution in [3.63, 3.8) is 0 Å². The quantitative estimate of drug-likeness (QED) is 0.745. The first-order valence-corrected chi connectivity index (χ1v) is 5.33. The van der Waals surface area contributed by atoms with Crippen molar-refractivity contribution in [2.75, 3.05) is 0 Å². The average molecular weight is 348 g/mol. The van der Waals surface area contributed by atoms with E-state index in [1.165, 1.54) is 0 Å². The smallest absolute Gasteiger partial charge is 0.132 e. The lowest BCUT2D eigenvalue weighted by atomic mass is 10.1. The number of nitriles is 1. The van der Waals surface area contributed by atoms with Gasteiger partial charge in [-0.3, -0.25) is 5.10 Å². The number of fused-ring (bicyclic) bond motifs is 1. The van der Waals surface area contributed by atoms with Crippen LogP contribution in [0.2, 0.25) is 0 Å². The van der Waals surface area contributed by atoms with Crippen LogP contribution in [-0.2, 0) is 0 Å². The standard InChI is InChI=1S/C8H3BrIN3/c9-5-1-4(3-11)7-6(2-5)12-13-8(7)10/h1-2H,(H,12,13). The summed E-state index contributed by atoms with van der Waals surface area (Å²) in [4.78, 5) is 0. The van der Waals surface area contributed by atoms with Crippen molar-refractivity contribution >= 4 is 49.4 Å². The molecular weight excluding hydrogens is 345 g/mol. The third-order valence-electron chi connectivity index (χ3n) is 1.70. The van der Waals surface area contributed by atoms with E-state index in [2.05, 4.69) is 54.8 Å². The summed E-state index contributed by atoms with van der Waals surface area (Å²) in [6.07, 6.45) is 0. The number of H-pyrrole nitrogens is 1. The zero-order valence-corrected chi connectivity index (χ0v) is 10.0. The summed E-state index contributed by atoms with van der Waals surface area (Å²) in [7, 11) is 0. The highest BCUT2D eigenvalue weighted by atomic mass is 127. The van der Waals surface area contributed by atoms with Crippen LogP contribution in [-0.4, -0.2) is 10.2 Å². The third-order valence-corrected chi connectivity index (χ3v) is 2.94. The van der Waals surface area contributed by atoms with Gasteiger partial charge in [0.25, 0.3) is 0 Å². The lowest BCUT2D eigenvalue weighted by molar-refractivity contribution is 1.09. The maximum atomic E-state index is 8.89. The number of hydrogen-bond donors (Lipinski definition) is 1. The molecule has 0 spiro atoms. The second-order valence-corrected chi connectivity index (χ2v) is 4.44. The molecule has 0 aliphatic heterocycles. The maximum absolute atomic E-state index is 8.89. The van der Waals surface area contributed by atoms with Crippen LogP contribution in [0.4, 0.5) is 0 Å². The molecule has 0 aliphatic rings. The summed E-state index contributed by atoms with van der Waals surface area (Å²) in [6, 6.07) is 5.84. The van der Waals surface area contributed by atoms with E-state index in [0.717, 1.165) is 19.1 Å². The summed E-state index contributed by atoms with van der Waals surface area (Å²) in [5, 5.41) is 16.7. The first-order valence-electron chi connectivity index (χ1n) is 3.45. The number of aromatic amines is 1. The molecule has 0 fully saturated rings. The Morgan fingerprint density at radius 3 is 3.00 bits per heavy atom. The van der Waals surface area contributed by atoms with Gasteiger partial charge in [0.15, 0.2) is 0 Å². The Kier molecular flexibility index (Phi) is 2.26. The van der Waals surface area contributed by atoms with Crippen molar-refractivity contribution in [3.05, 3.63) is 25.9 Å². The van der Waals surface area contributed by atoms with Gasteiger partial charge in [-0.2, -0.15) is 10.4 Å². The first kappa shape index (κ1) is 8.97. The van der Waals surface area contributed by atoms with E-state index in [0.29, 0.717) is 5.56 Å². The highest BCUT2D eigenvalue weighted by molar-refractivity contribution is 14.1. The van der Waals surface area contributed by atoms with Gasteiger partial charge < -0.3 is 0 Å². The minimum atomic E-state index is 0.641. The van der Waals surface area contributed by atoms with Gasteiger partial charge in [0.1, 0.15) is 3.70 Å². The van der Waals surface area contributed by atoms with Crippen LogP contribution in [0, 0.1) is 15.0 Å². The fraction of sp³-hybridized carbons (Fsp3) is 0. The van der Waals surface area contributed by atoms with Gasteiger partial charge in [0, 0.05) is 4.47 Å². The number of benzene rings is 1. The zero-order valence-electron chi connectivity index (χ0n) is 6.31. The molecule has 1 N–H and O–H groups in total. The molecule has 2 aromatic rings. The van der Waals surface area contributed by atoms with Gasteiger partial charge >= 0.3 is 0 Å². The monoisotopic (exact) mass is 347 g/mol. The molecule has 5 heteroatoms. The Morgan fingerprint density at radius 1 is 1.54 bits per heavy atom. The molecule has 0 unspecified atom stereocenters. The Balaban J connectivity index is 2.95. The molecule has 0 saturated heterocycles. The fourth-order valence-corrected chi connectivity index (χ4v) is 2.33. The molecule has 3 nitrogen and oxygen atoms in total. The molecule has 1 aromatic carbocycles. The van der Waals surface area contributed by atoms with Gasteiger partial charge in [-0.25, -0.2) is 0 Å². The van der Waals surface area contributed by atoms with Crippen LogP contribution in [0.25, 0.3) is 10.9 Å². The van der Waals surface area contributed by atoms with E-state index >= 15 is 0 Å². The van der Waals surface area contributed by atoms with Crippen molar-refractivity contribution in [1.82, 2.24) is 10.2 Å². The minimum absolute atomic E-state index is 0.641. The van der Waals surface area contributed by atoms with E-state index in [9.17, 15) is 0 Å². The third kappa shape index (κ3) is 1.44. The Bertz CT molecular complexity index is 512. The number of nitrogens with zero attached hydrogens (tertiary/aromatic N) is 2. The summed E-state index contributed by atoms with van der Waals surface area (Å²) < 4.78 is 1.72. The molecule has 1 aromatic heterocycles. The van der Waals surface area contributed by atoms with Gasteiger partial charge in [0.05, 0.1) is 22.5 Å². The molecule has 64 valence electrons. The molecule has 0 aliphatic carbocycles. The van der Waals surface area contributed by atoms with E-state index in [1.807, 2.05) is 6.07 Å². The Labute approximate surface area is 96.4 Å².